The molecule has 0 saturated carbocycles. The van der Waals surface area contributed by atoms with Gasteiger partial charge in [0.25, 0.3) is 0 Å². The van der Waals surface area contributed by atoms with Crippen molar-refractivity contribution in [1.29, 1.82) is 0 Å². The first-order valence-electron chi connectivity index (χ1n) is 10.7. The van der Waals surface area contributed by atoms with Crippen molar-refractivity contribution in [2.24, 2.45) is 0 Å². The summed E-state index contributed by atoms with van der Waals surface area (Å²) in [6.45, 7) is 22.2. The normalized spacial score (nSPS) is 13.2. The second-order valence-electron chi connectivity index (χ2n) is 9.08. The quantitative estimate of drug-likeness (QED) is 0.231. The van der Waals surface area contributed by atoms with E-state index in [2.05, 4.69) is 20.8 Å². The van der Waals surface area contributed by atoms with Crippen LogP contribution in [0.4, 0.5) is 0 Å². The molecule has 0 fully saturated rings. The molecule has 0 rings (SSSR count). The molecular formula is C21H45LaO6. The molecule has 168 valence electrons. The summed E-state index contributed by atoms with van der Waals surface area (Å²) in [5, 5.41) is 0. The Kier molecular flexibility index (Phi) is 15.4. The maximum atomic E-state index is 6.41. The van der Waals surface area contributed by atoms with Gasteiger partial charge >= 0.3 is 189 Å². The van der Waals surface area contributed by atoms with Crippen LogP contribution in [0.5, 0.6) is 0 Å². The summed E-state index contributed by atoms with van der Waals surface area (Å²) in [6.07, 6.45) is 2.96. The molecule has 0 heterocycles. The molecule has 0 aliphatic carbocycles. The van der Waals surface area contributed by atoms with Gasteiger partial charge in [0, 0.05) is 0 Å². The average Bonchev–Trinajstić information content (AvgIpc) is 2.53. The van der Waals surface area contributed by atoms with E-state index in [-0.39, 0.29) is 0 Å². The first-order chi connectivity index (χ1) is 13.0. The second-order valence-corrected chi connectivity index (χ2v) is 13.1. The molecule has 28 heavy (non-hydrogen) atoms. The van der Waals surface area contributed by atoms with Crippen LogP contribution in [0, 0.1) is 31.6 Å². The van der Waals surface area contributed by atoms with Gasteiger partial charge in [-0.1, -0.05) is 0 Å². The molecule has 0 unspecified atom stereocenters. The molecule has 0 aromatic rings. The predicted molar refractivity (Wildman–Crippen MR) is 109 cm³/mol. The zero-order valence-corrected chi connectivity index (χ0v) is 23.5. The van der Waals surface area contributed by atoms with E-state index in [9.17, 15) is 0 Å². The van der Waals surface area contributed by atoms with Crippen LogP contribution in [0.3, 0.4) is 0 Å². The van der Waals surface area contributed by atoms with E-state index in [1.165, 1.54) is 0 Å². The van der Waals surface area contributed by atoms with Crippen molar-refractivity contribution in [3.63, 3.8) is 0 Å². The number of ether oxygens (including phenoxy) is 3. The van der Waals surface area contributed by atoms with E-state index in [4.69, 9.17) is 19.3 Å². The first kappa shape index (κ1) is 29.0. The summed E-state index contributed by atoms with van der Waals surface area (Å²) < 4.78 is 36.4. The van der Waals surface area contributed by atoms with Gasteiger partial charge in [0.15, 0.2) is 0 Å². The van der Waals surface area contributed by atoms with E-state index in [0.29, 0.717) is 19.8 Å². The van der Waals surface area contributed by atoms with Gasteiger partial charge < -0.3 is 0 Å². The third-order valence-corrected chi connectivity index (χ3v) is 11.5. The SMILES string of the molecule is CCCOCC(C)(C)[O][La]([O]C(C)(C)COCCC)[O]C(C)(C)COCCC. The van der Waals surface area contributed by atoms with Crippen molar-refractivity contribution < 1.29 is 50.9 Å². The van der Waals surface area contributed by atoms with E-state index in [0.717, 1.165) is 39.1 Å². The predicted octanol–water partition coefficient (Wildman–Crippen LogP) is 5.02. The van der Waals surface area contributed by atoms with Crippen molar-refractivity contribution in [3.05, 3.63) is 0 Å². The van der Waals surface area contributed by atoms with Crippen LogP contribution in [0.2, 0.25) is 0 Å². The zero-order chi connectivity index (χ0) is 21.7. The number of rotatable bonds is 18. The summed E-state index contributed by atoms with van der Waals surface area (Å²) in [5.74, 6) is 0. The maximum absolute atomic E-state index is 6.41. The molecule has 0 bridgehead atoms. The van der Waals surface area contributed by atoms with Crippen LogP contribution in [0.1, 0.15) is 81.6 Å². The summed E-state index contributed by atoms with van der Waals surface area (Å²) in [7, 11) is 0. The number of hydrogen-bond acceptors (Lipinski definition) is 6. The molecule has 0 atom stereocenters. The van der Waals surface area contributed by atoms with E-state index < -0.39 is 48.4 Å². The van der Waals surface area contributed by atoms with Gasteiger partial charge in [0.05, 0.1) is 0 Å². The van der Waals surface area contributed by atoms with Gasteiger partial charge in [-0.25, -0.2) is 0 Å². The second kappa shape index (κ2) is 14.9. The monoisotopic (exact) mass is 532 g/mol. The summed E-state index contributed by atoms with van der Waals surface area (Å²) in [5.41, 5.74) is -1.37. The fourth-order valence-electron chi connectivity index (χ4n) is 2.34. The van der Waals surface area contributed by atoms with Crippen LogP contribution in [-0.2, 0) is 19.3 Å². The van der Waals surface area contributed by atoms with Gasteiger partial charge in [0.2, 0.25) is 0 Å². The van der Waals surface area contributed by atoms with Crippen LogP contribution in [0.25, 0.3) is 0 Å². The summed E-state index contributed by atoms with van der Waals surface area (Å²) in [4.78, 5) is 0. The van der Waals surface area contributed by atoms with Crippen molar-refractivity contribution in [1.82, 2.24) is 0 Å². The number of hydrogen-bond donors (Lipinski definition) is 0. The Morgan fingerprint density at radius 2 is 0.750 bits per heavy atom. The third kappa shape index (κ3) is 15.7. The average molecular weight is 532 g/mol. The van der Waals surface area contributed by atoms with Crippen molar-refractivity contribution >= 4 is 0 Å². The molecule has 0 aromatic heterocycles. The van der Waals surface area contributed by atoms with E-state index >= 15 is 0 Å². The zero-order valence-electron chi connectivity index (χ0n) is 19.9. The van der Waals surface area contributed by atoms with Crippen molar-refractivity contribution in [2.75, 3.05) is 39.6 Å². The summed E-state index contributed by atoms with van der Waals surface area (Å²) in [6, 6.07) is 0. The van der Waals surface area contributed by atoms with Crippen molar-refractivity contribution in [2.45, 2.75) is 98.4 Å². The molecule has 6 nitrogen and oxygen atoms in total. The molecule has 0 aromatic carbocycles. The van der Waals surface area contributed by atoms with Gasteiger partial charge in [-0.2, -0.15) is 0 Å². The molecule has 0 spiro atoms. The van der Waals surface area contributed by atoms with Crippen LogP contribution in [0.15, 0.2) is 0 Å². The van der Waals surface area contributed by atoms with Crippen LogP contribution >= 0.6 is 0 Å². The van der Waals surface area contributed by atoms with Gasteiger partial charge in [-0.3, -0.25) is 0 Å². The fraction of sp³-hybridized carbons (Fsp3) is 1.00. The molecule has 0 N–H and O–H groups in total. The van der Waals surface area contributed by atoms with Gasteiger partial charge in [0.1, 0.15) is 0 Å². The minimum absolute atomic E-state index is 0.456. The molecule has 0 aliphatic rings. The Balaban J connectivity index is 5.03. The standard InChI is InChI=1S/3C7H15O2.La/c3*1-4-5-9-6-7(2,3)8;/h3*4-6H2,1-3H3;/q3*-1;+3. The molecule has 0 aliphatic heterocycles. The summed E-state index contributed by atoms with van der Waals surface area (Å²) >= 11 is -3.49. The third-order valence-electron chi connectivity index (χ3n) is 3.64. The topological polar surface area (TPSA) is 55.4 Å². The van der Waals surface area contributed by atoms with Gasteiger partial charge in [-0.15, -0.1) is 0 Å². The Morgan fingerprint density at radius 1 is 0.500 bits per heavy atom. The Hall–Kier alpha value is 0.955. The molecule has 0 saturated heterocycles. The van der Waals surface area contributed by atoms with Gasteiger partial charge in [-0.05, 0) is 0 Å². The Labute approximate surface area is 188 Å². The van der Waals surface area contributed by atoms with Crippen LogP contribution < -0.4 is 0 Å². The Bertz CT molecular complexity index is 330. The first-order valence-corrected chi connectivity index (χ1v) is 15.2. The van der Waals surface area contributed by atoms with Crippen molar-refractivity contribution in [3.8, 4) is 0 Å². The van der Waals surface area contributed by atoms with Crippen LogP contribution in [-0.4, -0.2) is 56.4 Å². The molecule has 0 radical (unpaired) electrons. The Morgan fingerprint density at radius 3 is 0.964 bits per heavy atom. The molecule has 0 amide bonds. The molecular weight excluding hydrogens is 487 g/mol. The molecule has 7 heteroatoms. The fourth-order valence-corrected chi connectivity index (χ4v) is 8.34. The minimum atomic E-state index is -3.49. The van der Waals surface area contributed by atoms with E-state index in [1.54, 1.807) is 0 Å². The van der Waals surface area contributed by atoms with E-state index in [1.807, 2.05) is 41.5 Å².